The van der Waals surface area contributed by atoms with Gasteiger partial charge in [-0.15, -0.1) is 0 Å². The number of methoxy groups -OCH3 is 1. The molecule has 0 saturated heterocycles. The van der Waals surface area contributed by atoms with Crippen LogP contribution < -0.4 is 9.64 Å². The number of nitrogens with zero attached hydrogens (tertiary/aromatic N) is 2. The van der Waals surface area contributed by atoms with Crippen LogP contribution in [0.1, 0.15) is 26.3 Å². The predicted octanol–water partition coefficient (Wildman–Crippen LogP) is 5.73. The molecule has 0 fully saturated rings. The molecule has 0 amide bonds. The van der Waals surface area contributed by atoms with Gasteiger partial charge in [0.15, 0.2) is 0 Å². The molecule has 2 aromatic carbocycles. The normalized spacial score (nSPS) is 16.0. The third-order valence-electron chi connectivity index (χ3n) is 4.99. The zero-order valence-corrected chi connectivity index (χ0v) is 19.6. The van der Waals surface area contributed by atoms with E-state index in [2.05, 4.69) is 35.9 Å². The molecule has 6 nitrogen and oxygen atoms in total. The SMILES string of the molecule is CCOC(=O)C1=C(O)C(=Cc2ccc(N(CC)CC)cc2)SC1=Nc1ccc(OC)cc1. The number of carbonyl (C=O) groups is 1. The molecule has 0 atom stereocenters. The molecule has 2 aromatic rings. The van der Waals surface area contributed by atoms with Gasteiger partial charge in [-0.1, -0.05) is 23.9 Å². The first-order valence-corrected chi connectivity index (χ1v) is 11.4. The van der Waals surface area contributed by atoms with Crippen LogP contribution in [0.15, 0.2) is 69.8 Å². The van der Waals surface area contributed by atoms with Gasteiger partial charge < -0.3 is 19.5 Å². The van der Waals surface area contributed by atoms with Crippen LogP contribution in [0.4, 0.5) is 11.4 Å². The highest BCUT2D eigenvalue weighted by Gasteiger charge is 2.33. The number of aliphatic hydroxyl groups excluding tert-OH is 1. The summed E-state index contributed by atoms with van der Waals surface area (Å²) < 4.78 is 10.3. The van der Waals surface area contributed by atoms with E-state index < -0.39 is 5.97 Å². The van der Waals surface area contributed by atoms with Gasteiger partial charge in [0.2, 0.25) is 0 Å². The second-order valence-corrected chi connectivity index (χ2v) is 7.96. The van der Waals surface area contributed by atoms with Crippen molar-refractivity contribution in [2.75, 3.05) is 31.7 Å². The van der Waals surface area contributed by atoms with Crippen LogP contribution in [0.25, 0.3) is 6.08 Å². The lowest BCUT2D eigenvalue weighted by Gasteiger charge is -2.20. The molecule has 1 heterocycles. The summed E-state index contributed by atoms with van der Waals surface area (Å²) in [4.78, 5) is 19.9. The molecule has 1 aliphatic rings. The average molecular weight is 453 g/mol. The Kier molecular flexibility index (Phi) is 8.00. The van der Waals surface area contributed by atoms with Gasteiger partial charge in [0.25, 0.3) is 0 Å². The summed E-state index contributed by atoms with van der Waals surface area (Å²) in [6.07, 6.45) is 1.85. The summed E-state index contributed by atoms with van der Waals surface area (Å²) >= 11 is 1.24. The highest BCUT2D eigenvalue weighted by Crippen LogP contribution is 2.40. The largest absolute Gasteiger partial charge is 0.506 e. The van der Waals surface area contributed by atoms with E-state index in [1.807, 2.05) is 18.2 Å². The number of thioether (sulfide) groups is 1. The number of esters is 1. The lowest BCUT2D eigenvalue weighted by molar-refractivity contribution is -0.138. The van der Waals surface area contributed by atoms with Gasteiger partial charge in [-0.25, -0.2) is 9.79 Å². The fraction of sp³-hybridized carbons (Fsp3) is 0.280. The number of rotatable bonds is 8. The van der Waals surface area contributed by atoms with Gasteiger partial charge >= 0.3 is 5.97 Å². The molecule has 0 unspecified atom stereocenters. The number of aliphatic hydroxyl groups is 1. The average Bonchev–Trinajstić information content (AvgIpc) is 3.11. The van der Waals surface area contributed by atoms with E-state index in [1.54, 1.807) is 38.3 Å². The van der Waals surface area contributed by atoms with Crippen LogP contribution in [0.3, 0.4) is 0 Å². The highest BCUT2D eigenvalue weighted by atomic mass is 32.2. The number of hydrogen-bond donors (Lipinski definition) is 1. The molecule has 32 heavy (non-hydrogen) atoms. The third-order valence-corrected chi connectivity index (χ3v) is 6.01. The standard InChI is InChI=1S/C25H28N2O4S/c1-5-27(6-2)19-12-8-17(9-13-19)16-21-23(28)22(25(29)31-7-3)24(32-21)26-18-10-14-20(30-4)15-11-18/h8-16,28H,5-7H2,1-4H3. The summed E-state index contributed by atoms with van der Waals surface area (Å²) in [5.74, 6) is 0.00403. The van der Waals surface area contributed by atoms with Crippen molar-refractivity contribution in [3.8, 4) is 5.75 Å². The number of hydrogen-bond acceptors (Lipinski definition) is 7. The van der Waals surface area contributed by atoms with Crippen LogP contribution in [-0.2, 0) is 9.53 Å². The van der Waals surface area contributed by atoms with E-state index in [0.29, 0.717) is 21.4 Å². The fourth-order valence-corrected chi connectivity index (χ4v) is 4.32. The zero-order valence-electron chi connectivity index (χ0n) is 18.8. The fourth-order valence-electron chi connectivity index (χ4n) is 3.29. The summed E-state index contributed by atoms with van der Waals surface area (Å²) in [5.41, 5.74) is 2.79. The molecule has 0 aliphatic carbocycles. The molecule has 1 aliphatic heterocycles. The third kappa shape index (κ3) is 5.34. The monoisotopic (exact) mass is 452 g/mol. The molecule has 0 spiro atoms. The van der Waals surface area contributed by atoms with Gasteiger partial charge in [-0.05, 0) is 68.8 Å². The van der Waals surface area contributed by atoms with Gasteiger partial charge in [0.1, 0.15) is 22.1 Å². The Balaban J connectivity index is 1.94. The van der Waals surface area contributed by atoms with Crippen LogP contribution in [0.2, 0.25) is 0 Å². The van der Waals surface area contributed by atoms with Crippen LogP contribution in [0.5, 0.6) is 5.75 Å². The predicted molar refractivity (Wildman–Crippen MR) is 132 cm³/mol. The number of aliphatic imine (C=N–C) groups is 1. The molecule has 168 valence electrons. The second kappa shape index (κ2) is 10.9. The minimum Gasteiger partial charge on any atom is -0.506 e. The van der Waals surface area contributed by atoms with Crippen molar-refractivity contribution in [2.45, 2.75) is 20.8 Å². The van der Waals surface area contributed by atoms with Crippen LogP contribution in [-0.4, -0.2) is 42.9 Å². The van der Waals surface area contributed by atoms with E-state index in [1.165, 1.54) is 11.8 Å². The first-order chi connectivity index (χ1) is 15.5. The second-order valence-electron chi connectivity index (χ2n) is 6.93. The van der Waals surface area contributed by atoms with Crippen molar-refractivity contribution in [2.24, 2.45) is 4.99 Å². The lowest BCUT2D eigenvalue weighted by Crippen LogP contribution is -2.21. The van der Waals surface area contributed by atoms with Crippen molar-refractivity contribution >= 4 is 40.2 Å². The number of benzene rings is 2. The molecule has 0 saturated carbocycles. The number of ether oxygens (including phenoxy) is 2. The summed E-state index contributed by atoms with van der Waals surface area (Å²) in [6, 6.07) is 15.3. The Morgan fingerprint density at radius 1 is 1.06 bits per heavy atom. The Bertz CT molecular complexity index is 1040. The molecular formula is C25H28N2O4S. The quantitative estimate of drug-likeness (QED) is 0.516. The molecule has 0 radical (unpaired) electrons. The number of carbonyl (C=O) groups excluding carboxylic acids is 1. The van der Waals surface area contributed by atoms with Crippen LogP contribution in [0, 0.1) is 0 Å². The van der Waals surface area contributed by atoms with Crippen LogP contribution >= 0.6 is 11.8 Å². The molecule has 3 rings (SSSR count). The van der Waals surface area contributed by atoms with Crippen molar-refractivity contribution in [1.29, 1.82) is 0 Å². The maximum Gasteiger partial charge on any atom is 0.344 e. The van der Waals surface area contributed by atoms with Crippen molar-refractivity contribution in [3.05, 3.63) is 70.3 Å². The number of anilines is 1. The van der Waals surface area contributed by atoms with Gasteiger partial charge in [-0.2, -0.15) is 0 Å². The minimum absolute atomic E-state index is 0.0821. The Morgan fingerprint density at radius 2 is 1.72 bits per heavy atom. The Morgan fingerprint density at radius 3 is 2.28 bits per heavy atom. The first-order valence-electron chi connectivity index (χ1n) is 10.6. The molecular weight excluding hydrogens is 424 g/mol. The maximum atomic E-state index is 12.6. The van der Waals surface area contributed by atoms with Gasteiger partial charge in [0.05, 0.1) is 24.3 Å². The topological polar surface area (TPSA) is 71.4 Å². The molecule has 7 heteroatoms. The van der Waals surface area contributed by atoms with E-state index in [-0.39, 0.29) is 17.9 Å². The van der Waals surface area contributed by atoms with Gasteiger partial charge in [-0.3, -0.25) is 0 Å². The molecule has 0 bridgehead atoms. The molecule has 1 N–H and O–H groups in total. The highest BCUT2D eigenvalue weighted by molar-refractivity contribution is 8.18. The zero-order chi connectivity index (χ0) is 23.1. The minimum atomic E-state index is -0.593. The first kappa shape index (κ1) is 23.5. The molecule has 0 aromatic heterocycles. The smallest absolute Gasteiger partial charge is 0.344 e. The van der Waals surface area contributed by atoms with Crippen molar-refractivity contribution in [3.63, 3.8) is 0 Å². The van der Waals surface area contributed by atoms with E-state index in [4.69, 9.17) is 9.47 Å². The van der Waals surface area contributed by atoms with Crippen molar-refractivity contribution < 1.29 is 19.4 Å². The van der Waals surface area contributed by atoms with Gasteiger partial charge in [0, 0.05) is 18.8 Å². The summed E-state index contributed by atoms with van der Waals surface area (Å²) in [6.45, 7) is 8.05. The van der Waals surface area contributed by atoms with E-state index in [0.717, 1.165) is 24.3 Å². The Hall–Kier alpha value is -3.19. The Labute approximate surface area is 193 Å². The van der Waals surface area contributed by atoms with Crippen molar-refractivity contribution in [1.82, 2.24) is 0 Å². The summed E-state index contributed by atoms with van der Waals surface area (Å²) in [7, 11) is 1.60. The summed E-state index contributed by atoms with van der Waals surface area (Å²) in [5, 5.41) is 11.2. The lowest BCUT2D eigenvalue weighted by atomic mass is 10.1. The van der Waals surface area contributed by atoms with E-state index >= 15 is 0 Å². The maximum absolute atomic E-state index is 12.6. The van der Waals surface area contributed by atoms with E-state index in [9.17, 15) is 9.90 Å².